The lowest BCUT2D eigenvalue weighted by Crippen LogP contribution is -2.52. The van der Waals surface area contributed by atoms with Gasteiger partial charge in [0.2, 0.25) is 0 Å². The number of carbonyl (C=O) groups is 2. The van der Waals surface area contributed by atoms with Gasteiger partial charge in [0.1, 0.15) is 19.3 Å². The first kappa shape index (κ1) is 17.9. The van der Waals surface area contributed by atoms with E-state index in [-0.39, 0.29) is 12.5 Å². The molecule has 1 aliphatic heterocycles. The number of hydroxylamine groups is 2. The highest BCUT2D eigenvalue weighted by atomic mass is 16.7. The Morgan fingerprint density at radius 1 is 1.00 bits per heavy atom. The van der Waals surface area contributed by atoms with Crippen molar-refractivity contribution in [1.82, 2.24) is 10.4 Å². The van der Waals surface area contributed by atoms with Gasteiger partial charge in [-0.3, -0.25) is 9.63 Å². The average molecular weight is 354 g/mol. The molecule has 1 fully saturated rings. The van der Waals surface area contributed by atoms with Crippen LogP contribution < -0.4 is 5.32 Å². The van der Waals surface area contributed by atoms with Crippen molar-refractivity contribution in [2.45, 2.75) is 32.1 Å². The van der Waals surface area contributed by atoms with Crippen LogP contribution >= 0.6 is 0 Å². The monoisotopic (exact) mass is 354 g/mol. The summed E-state index contributed by atoms with van der Waals surface area (Å²) in [5.41, 5.74) is 1.88. The zero-order valence-electron chi connectivity index (χ0n) is 14.5. The van der Waals surface area contributed by atoms with E-state index in [0.29, 0.717) is 19.6 Å². The highest BCUT2D eigenvalue weighted by molar-refractivity contribution is 5.85. The summed E-state index contributed by atoms with van der Waals surface area (Å²) in [6, 6.07) is 18.4. The zero-order chi connectivity index (χ0) is 18.2. The van der Waals surface area contributed by atoms with Gasteiger partial charge in [0.05, 0.1) is 0 Å². The maximum Gasteiger partial charge on any atom is 0.408 e. The van der Waals surface area contributed by atoms with Gasteiger partial charge in [0.15, 0.2) is 0 Å². The molecule has 136 valence electrons. The summed E-state index contributed by atoms with van der Waals surface area (Å²) in [6.45, 7) is 1.00. The predicted octanol–water partition coefficient (Wildman–Crippen LogP) is 3.04. The van der Waals surface area contributed by atoms with Crippen LogP contribution in [0.25, 0.3) is 0 Å². The number of benzene rings is 2. The number of piperidine rings is 1. The van der Waals surface area contributed by atoms with Crippen LogP contribution in [0.5, 0.6) is 0 Å². The number of nitrogens with zero attached hydrogens (tertiary/aromatic N) is 1. The van der Waals surface area contributed by atoms with Crippen molar-refractivity contribution in [3.8, 4) is 0 Å². The lowest BCUT2D eigenvalue weighted by molar-refractivity contribution is -0.199. The first-order valence-corrected chi connectivity index (χ1v) is 8.68. The molecule has 1 N–H and O–H groups in total. The Morgan fingerprint density at radius 2 is 1.62 bits per heavy atom. The maximum absolute atomic E-state index is 12.5. The third-order valence-electron chi connectivity index (χ3n) is 4.13. The minimum Gasteiger partial charge on any atom is -0.445 e. The normalized spacial score (nSPS) is 17.0. The molecule has 6 heteroatoms. The molecule has 0 spiro atoms. The number of hydrogen-bond acceptors (Lipinski definition) is 4. The third-order valence-corrected chi connectivity index (χ3v) is 4.13. The summed E-state index contributed by atoms with van der Waals surface area (Å²) < 4.78 is 5.18. The molecular weight excluding hydrogens is 332 g/mol. The molecule has 2 aromatic carbocycles. The number of nitrogens with one attached hydrogen (secondary N) is 1. The minimum atomic E-state index is -0.622. The van der Waals surface area contributed by atoms with Crippen LogP contribution in [0, 0.1) is 0 Å². The first-order valence-electron chi connectivity index (χ1n) is 8.68. The molecule has 2 aromatic rings. The van der Waals surface area contributed by atoms with Crippen LogP contribution in [-0.4, -0.2) is 29.7 Å². The smallest absolute Gasteiger partial charge is 0.408 e. The van der Waals surface area contributed by atoms with E-state index in [2.05, 4.69) is 5.32 Å². The molecule has 0 aliphatic carbocycles. The predicted molar refractivity (Wildman–Crippen MR) is 95.7 cm³/mol. The van der Waals surface area contributed by atoms with E-state index in [1.54, 1.807) is 0 Å². The van der Waals surface area contributed by atoms with E-state index in [1.807, 2.05) is 60.7 Å². The second-order valence-corrected chi connectivity index (χ2v) is 6.10. The molecule has 0 bridgehead atoms. The molecule has 0 aromatic heterocycles. The van der Waals surface area contributed by atoms with Gasteiger partial charge in [0.25, 0.3) is 5.91 Å². The molecule has 0 unspecified atom stereocenters. The lowest BCUT2D eigenvalue weighted by atomic mass is 10.1. The second-order valence-electron chi connectivity index (χ2n) is 6.10. The topological polar surface area (TPSA) is 67.9 Å². The Balaban J connectivity index is 1.47. The van der Waals surface area contributed by atoms with Gasteiger partial charge in [0, 0.05) is 6.54 Å². The zero-order valence-corrected chi connectivity index (χ0v) is 14.5. The van der Waals surface area contributed by atoms with Crippen LogP contribution in [0.3, 0.4) is 0 Å². The fourth-order valence-corrected chi connectivity index (χ4v) is 2.74. The molecule has 1 saturated heterocycles. The van der Waals surface area contributed by atoms with Crippen molar-refractivity contribution < 1.29 is 19.2 Å². The first-order chi connectivity index (χ1) is 12.7. The molecular formula is C20H22N2O4. The van der Waals surface area contributed by atoms with Crippen LogP contribution in [0.2, 0.25) is 0 Å². The van der Waals surface area contributed by atoms with E-state index in [0.717, 1.165) is 17.5 Å². The van der Waals surface area contributed by atoms with Gasteiger partial charge < -0.3 is 10.1 Å². The number of ether oxygens (including phenoxy) is 1. The fraction of sp³-hybridized carbons (Fsp3) is 0.300. The Morgan fingerprint density at radius 3 is 2.27 bits per heavy atom. The number of carbonyl (C=O) groups excluding carboxylic acids is 2. The van der Waals surface area contributed by atoms with Gasteiger partial charge in [-0.25, -0.2) is 9.86 Å². The molecule has 0 saturated carbocycles. The van der Waals surface area contributed by atoms with Gasteiger partial charge in [-0.1, -0.05) is 60.7 Å². The largest absolute Gasteiger partial charge is 0.445 e. The van der Waals surface area contributed by atoms with Gasteiger partial charge in [-0.2, -0.15) is 0 Å². The minimum absolute atomic E-state index is 0.168. The third kappa shape index (κ3) is 5.07. The van der Waals surface area contributed by atoms with Crippen molar-refractivity contribution in [2.75, 3.05) is 6.54 Å². The number of alkyl carbamates (subject to hydrolysis) is 1. The summed E-state index contributed by atoms with van der Waals surface area (Å²) in [4.78, 5) is 30.1. The van der Waals surface area contributed by atoms with E-state index in [4.69, 9.17) is 9.57 Å². The van der Waals surface area contributed by atoms with Crippen molar-refractivity contribution in [1.29, 1.82) is 0 Å². The molecule has 1 atom stereocenters. The number of amides is 2. The van der Waals surface area contributed by atoms with E-state index >= 15 is 0 Å². The molecule has 3 rings (SSSR count). The summed E-state index contributed by atoms with van der Waals surface area (Å²) in [5.74, 6) is -0.246. The van der Waals surface area contributed by atoms with Gasteiger partial charge >= 0.3 is 6.09 Å². The molecule has 1 heterocycles. The number of rotatable bonds is 6. The Bertz CT molecular complexity index is 721. The fourth-order valence-electron chi connectivity index (χ4n) is 2.74. The Kier molecular flexibility index (Phi) is 6.22. The lowest BCUT2D eigenvalue weighted by Gasteiger charge is -2.31. The molecule has 1 aliphatic rings. The average Bonchev–Trinajstić information content (AvgIpc) is 2.69. The van der Waals surface area contributed by atoms with Crippen LogP contribution in [0.15, 0.2) is 60.7 Å². The summed E-state index contributed by atoms with van der Waals surface area (Å²) in [6.07, 6.45) is 0.728. The number of hydrogen-bond donors (Lipinski definition) is 1. The van der Waals surface area contributed by atoms with Gasteiger partial charge in [-0.15, -0.1) is 0 Å². The maximum atomic E-state index is 12.5. The van der Waals surface area contributed by atoms with Crippen LogP contribution in [0.1, 0.15) is 24.0 Å². The Labute approximate surface area is 152 Å². The SMILES string of the molecule is O=C(N[C@H]1CCCN(OCc2ccccc2)C1=O)OCc1ccccc1. The van der Waals surface area contributed by atoms with Gasteiger partial charge in [-0.05, 0) is 24.0 Å². The Hall–Kier alpha value is -2.86. The highest BCUT2D eigenvalue weighted by Crippen LogP contribution is 2.14. The van der Waals surface area contributed by atoms with Crippen molar-refractivity contribution in [3.63, 3.8) is 0 Å². The summed E-state index contributed by atoms with van der Waals surface area (Å²) in [5, 5.41) is 3.97. The van der Waals surface area contributed by atoms with Crippen molar-refractivity contribution in [2.24, 2.45) is 0 Å². The quantitative estimate of drug-likeness (QED) is 0.866. The molecule has 2 amide bonds. The van der Waals surface area contributed by atoms with Crippen LogP contribution in [0.4, 0.5) is 4.79 Å². The van der Waals surface area contributed by atoms with E-state index in [1.165, 1.54) is 5.06 Å². The van der Waals surface area contributed by atoms with E-state index < -0.39 is 12.1 Å². The van der Waals surface area contributed by atoms with Crippen molar-refractivity contribution >= 4 is 12.0 Å². The molecule has 26 heavy (non-hydrogen) atoms. The highest BCUT2D eigenvalue weighted by Gasteiger charge is 2.31. The van der Waals surface area contributed by atoms with Crippen molar-refractivity contribution in [3.05, 3.63) is 71.8 Å². The van der Waals surface area contributed by atoms with E-state index in [9.17, 15) is 9.59 Å². The standard InChI is InChI=1S/C20H22N2O4/c23-19-18(21-20(24)25-14-16-8-3-1-4-9-16)12-7-13-22(19)26-15-17-10-5-2-6-11-17/h1-6,8-11,18H,7,12-15H2,(H,21,24)/t18-/m0/s1. The molecule has 6 nitrogen and oxygen atoms in total. The summed E-state index contributed by atoms with van der Waals surface area (Å²) in [7, 11) is 0. The molecule has 0 radical (unpaired) electrons. The van der Waals surface area contributed by atoms with Crippen LogP contribution in [-0.2, 0) is 27.6 Å². The second kappa shape index (κ2) is 9.01. The summed E-state index contributed by atoms with van der Waals surface area (Å²) >= 11 is 0.